The smallest absolute Gasteiger partial charge is 0.177 e. The average molecular weight is 453 g/mol. The van der Waals surface area contributed by atoms with Crippen molar-refractivity contribution in [1.29, 1.82) is 0 Å². The first-order valence-corrected chi connectivity index (χ1v) is 11.2. The third-order valence-corrected chi connectivity index (χ3v) is 6.93. The van der Waals surface area contributed by atoms with E-state index >= 15 is 0 Å². The summed E-state index contributed by atoms with van der Waals surface area (Å²) >= 11 is 0. The molecule has 3 aliphatic heterocycles. The lowest BCUT2D eigenvalue weighted by molar-refractivity contribution is -0.0436. The van der Waals surface area contributed by atoms with E-state index in [1.807, 2.05) is 26.0 Å². The maximum atomic E-state index is 13.8. The standard InChI is InChI=1S/C26H28O7/c1-5-26(4)9-8-15-19(33-26)12-17(28)21-22(29)16-11-20(25(2,3)30)31-18-10-13(27)6-7-14(18)23(16)32-24(15)21/h6-10,12,16,20,23,27-28,30H,5,11H2,1-4H3/t16-,20+,23-,26-/m1/s1. The van der Waals surface area contributed by atoms with E-state index in [0.717, 1.165) is 6.42 Å². The second-order valence-electron chi connectivity index (χ2n) is 9.84. The molecule has 0 aromatic heterocycles. The highest BCUT2D eigenvalue weighted by molar-refractivity contribution is 6.06. The van der Waals surface area contributed by atoms with Gasteiger partial charge in [0.1, 0.15) is 52.1 Å². The van der Waals surface area contributed by atoms with Gasteiger partial charge in [0.15, 0.2) is 5.78 Å². The summed E-state index contributed by atoms with van der Waals surface area (Å²) in [5.41, 5.74) is -0.461. The Morgan fingerprint density at radius 1 is 1.15 bits per heavy atom. The first-order valence-electron chi connectivity index (χ1n) is 11.2. The van der Waals surface area contributed by atoms with Gasteiger partial charge >= 0.3 is 0 Å². The lowest BCUT2D eigenvalue weighted by atomic mass is 9.79. The number of fused-ring (bicyclic) bond motifs is 6. The molecule has 3 heterocycles. The Kier molecular flexibility index (Phi) is 4.69. The molecule has 0 saturated heterocycles. The Bertz CT molecular complexity index is 1180. The van der Waals surface area contributed by atoms with Gasteiger partial charge in [-0.3, -0.25) is 4.79 Å². The monoisotopic (exact) mass is 452 g/mol. The van der Waals surface area contributed by atoms with Crippen LogP contribution in [0.4, 0.5) is 0 Å². The highest BCUT2D eigenvalue weighted by Gasteiger charge is 2.48. The number of benzene rings is 2. The van der Waals surface area contributed by atoms with Crippen molar-refractivity contribution in [3.8, 4) is 28.7 Å². The van der Waals surface area contributed by atoms with Crippen LogP contribution in [0.15, 0.2) is 30.3 Å². The number of aliphatic hydroxyl groups is 1. The van der Waals surface area contributed by atoms with Gasteiger partial charge in [-0.15, -0.1) is 0 Å². The van der Waals surface area contributed by atoms with Crippen molar-refractivity contribution in [1.82, 2.24) is 0 Å². The summed E-state index contributed by atoms with van der Waals surface area (Å²) in [4.78, 5) is 13.8. The zero-order valence-electron chi connectivity index (χ0n) is 19.1. The summed E-state index contributed by atoms with van der Waals surface area (Å²) < 4.78 is 18.7. The van der Waals surface area contributed by atoms with Gasteiger partial charge in [-0.1, -0.05) is 6.92 Å². The third-order valence-electron chi connectivity index (χ3n) is 6.93. The number of hydrogen-bond donors (Lipinski definition) is 3. The van der Waals surface area contributed by atoms with Gasteiger partial charge in [-0.05, 0) is 51.5 Å². The van der Waals surface area contributed by atoms with Crippen LogP contribution in [0.2, 0.25) is 0 Å². The Morgan fingerprint density at radius 2 is 1.91 bits per heavy atom. The number of phenols is 2. The van der Waals surface area contributed by atoms with Crippen LogP contribution < -0.4 is 14.2 Å². The number of ketones is 1. The van der Waals surface area contributed by atoms with Gasteiger partial charge < -0.3 is 29.5 Å². The number of Topliss-reactive ketones (excluding diaryl/α,β-unsaturated/α-hetero) is 1. The summed E-state index contributed by atoms with van der Waals surface area (Å²) in [6.07, 6.45) is 3.27. The normalized spacial score (nSPS) is 27.7. The van der Waals surface area contributed by atoms with E-state index in [0.29, 0.717) is 22.6 Å². The van der Waals surface area contributed by atoms with E-state index in [9.17, 15) is 20.1 Å². The van der Waals surface area contributed by atoms with Crippen LogP contribution in [0.5, 0.6) is 28.7 Å². The highest BCUT2D eigenvalue weighted by atomic mass is 16.5. The summed E-state index contributed by atoms with van der Waals surface area (Å²) in [6, 6.07) is 6.12. The lowest BCUT2D eigenvalue weighted by Crippen LogP contribution is -2.43. The molecule has 0 fully saturated rings. The molecule has 33 heavy (non-hydrogen) atoms. The van der Waals surface area contributed by atoms with E-state index in [4.69, 9.17) is 14.2 Å². The minimum absolute atomic E-state index is 0.00874. The quantitative estimate of drug-likeness (QED) is 0.615. The van der Waals surface area contributed by atoms with Crippen LogP contribution >= 0.6 is 0 Å². The van der Waals surface area contributed by atoms with Crippen molar-refractivity contribution >= 4 is 11.9 Å². The van der Waals surface area contributed by atoms with Crippen LogP contribution in [-0.4, -0.2) is 38.4 Å². The molecule has 2 aromatic carbocycles. The van der Waals surface area contributed by atoms with Crippen molar-refractivity contribution in [3.63, 3.8) is 0 Å². The molecule has 174 valence electrons. The minimum Gasteiger partial charge on any atom is -0.508 e. The van der Waals surface area contributed by atoms with Crippen molar-refractivity contribution < 1.29 is 34.3 Å². The molecule has 7 nitrogen and oxygen atoms in total. The zero-order chi connectivity index (χ0) is 23.7. The SMILES string of the molecule is CC[C@]1(C)C=Cc2c(cc(O)c3c2O[C@@H]2c4ccc(O)cc4O[C@H](C(C)(C)O)C[C@@H]2C3=O)O1. The molecule has 7 heteroatoms. The van der Waals surface area contributed by atoms with Crippen molar-refractivity contribution in [2.45, 2.75) is 63.9 Å². The van der Waals surface area contributed by atoms with Gasteiger partial charge in [-0.25, -0.2) is 0 Å². The van der Waals surface area contributed by atoms with E-state index in [-0.39, 0.29) is 35.0 Å². The first kappa shape index (κ1) is 21.6. The zero-order valence-corrected chi connectivity index (χ0v) is 19.1. The van der Waals surface area contributed by atoms with Crippen LogP contribution in [0.25, 0.3) is 6.08 Å². The Hall–Kier alpha value is -3.19. The van der Waals surface area contributed by atoms with Crippen LogP contribution in [0, 0.1) is 5.92 Å². The number of hydrogen-bond acceptors (Lipinski definition) is 7. The van der Waals surface area contributed by atoms with Crippen molar-refractivity contribution in [2.75, 3.05) is 0 Å². The molecule has 0 saturated carbocycles. The highest BCUT2D eigenvalue weighted by Crippen LogP contribution is 2.53. The van der Waals surface area contributed by atoms with E-state index in [1.54, 1.807) is 19.9 Å². The average Bonchev–Trinajstić information content (AvgIpc) is 2.90. The van der Waals surface area contributed by atoms with E-state index < -0.39 is 29.3 Å². The van der Waals surface area contributed by atoms with E-state index in [2.05, 4.69) is 0 Å². The van der Waals surface area contributed by atoms with Crippen LogP contribution in [0.1, 0.15) is 68.1 Å². The van der Waals surface area contributed by atoms with Crippen molar-refractivity contribution in [2.24, 2.45) is 5.92 Å². The molecule has 3 N–H and O–H groups in total. The molecule has 4 atom stereocenters. The van der Waals surface area contributed by atoms with Crippen LogP contribution in [-0.2, 0) is 0 Å². The topological polar surface area (TPSA) is 105 Å². The largest absolute Gasteiger partial charge is 0.508 e. The maximum absolute atomic E-state index is 13.8. The summed E-state index contributed by atoms with van der Waals surface area (Å²) in [5.74, 6) is -0.0898. The molecule has 0 spiro atoms. The predicted molar refractivity (Wildman–Crippen MR) is 121 cm³/mol. The maximum Gasteiger partial charge on any atom is 0.177 e. The Morgan fingerprint density at radius 3 is 2.61 bits per heavy atom. The number of ether oxygens (including phenoxy) is 3. The fraction of sp³-hybridized carbons (Fsp3) is 0.423. The minimum atomic E-state index is -1.25. The molecule has 0 unspecified atom stereocenters. The third kappa shape index (κ3) is 3.42. The van der Waals surface area contributed by atoms with Crippen molar-refractivity contribution in [3.05, 3.63) is 47.0 Å². The number of phenolic OH excluding ortho intramolecular Hbond substituents is 2. The van der Waals surface area contributed by atoms with Crippen LogP contribution in [0.3, 0.4) is 0 Å². The molecule has 0 radical (unpaired) electrons. The second kappa shape index (κ2) is 7.15. The molecule has 0 aliphatic carbocycles. The predicted octanol–water partition coefficient (Wildman–Crippen LogP) is 4.53. The second-order valence-corrected chi connectivity index (χ2v) is 9.84. The van der Waals surface area contributed by atoms with Gasteiger partial charge in [0.2, 0.25) is 0 Å². The fourth-order valence-electron chi connectivity index (χ4n) is 4.74. The van der Waals surface area contributed by atoms with Gasteiger partial charge in [0.25, 0.3) is 0 Å². The summed E-state index contributed by atoms with van der Waals surface area (Å²) in [6.45, 7) is 7.19. The molecule has 3 aliphatic rings. The van der Waals surface area contributed by atoms with Gasteiger partial charge in [-0.2, -0.15) is 0 Å². The summed E-state index contributed by atoms with van der Waals surface area (Å²) in [5, 5.41) is 31.6. The van der Waals surface area contributed by atoms with Gasteiger partial charge in [0, 0.05) is 24.1 Å². The number of carbonyl (C=O) groups excluding carboxylic acids is 1. The Labute approximate surface area is 192 Å². The molecule has 0 amide bonds. The fourth-order valence-corrected chi connectivity index (χ4v) is 4.74. The van der Waals surface area contributed by atoms with Gasteiger partial charge in [0.05, 0.1) is 17.1 Å². The first-order chi connectivity index (χ1) is 15.5. The lowest BCUT2D eigenvalue weighted by Gasteiger charge is -2.37. The van der Waals surface area contributed by atoms with E-state index in [1.165, 1.54) is 18.2 Å². The Balaban J connectivity index is 1.68. The molecular weight excluding hydrogens is 424 g/mol. The number of rotatable bonds is 2. The number of aromatic hydroxyl groups is 2. The molecule has 2 aromatic rings. The summed E-state index contributed by atoms with van der Waals surface area (Å²) in [7, 11) is 0. The molecular formula is C26H28O7. The molecule has 5 rings (SSSR count). The molecule has 0 bridgehead atoms. The number of carbonyl (C=O) groups is 1.